The van der Waals surface area contributed by atoms with Crippen molar-refractivity contribution in [3.8, 4) is 0 Å². The highest BCUT2D eigenvalue weighted by Crippen LogP contribution is 2.33. The standard InChI is InChI=1S/C14H16ClNS/c1-3-16-13(14-12(15)8-9-17-14)11-7-5-4-6-10(11)2/h4-9,13,16H,3H2,1-2H3. The van der Waals surface area contributed by atoms with Crippen molar-refractivity contribution in [1.29, 1.82) is 0 Å². The lowest BCUT2D eigenvalue weighted by Gasteiger charge is -2.19. The molecule has 0 amide bonds. The van der Waals surface area contributed by atoms with Gasteiger partial charge < -0.3 is 5.32 Å². The number of thiophene rings is 1. The Kier molecular flexibility index (Phi) is 4.21. The number of aryl methyl sites for hydroxylation is 1. The van der Waals surface area contributed by atoms with Crippen LogP contribution in [-0.2, 0) is 0 Å². The Hall–Kier alpha value is -0.830. The summed E-state index contributed by atoms with van der Waals surface area (Å²) in [7, 11) is 0. The summed E-state index contributed by atoms with van der Waals surface area (Å²) >= 11 is 7.95. The Balaban J connectivity index is 2.43. The zero-order valence-corrected chi connectivity index (χ0v) is 11.6. The minimum absolute atomic E-state index is 0.202. The summed E-state index contributed by atoms with van der Waals surface area (Å²) in [6, 6.07) is 10.6. The molecular formula is C14H16ClNS. The monoisotopic (exact) mass is 265 g/mol. The maximum Gasteiger partial charge on any atom is 0.0688 e. The fourth-order valence-corrected chi connectivity index (χ4v) is 3.23. The molecule has 0 aliphatic rings. The van der Waals surface area contributed by atoms with Crippen molar-refractivity contribution < 1.29 is 0 Å². The summed E-state index contributed by atoms with van der Waals surface area (Å²) in [6.45, 7) is 5.18. The Morgan fingerprint density at radius 1 is 1.29 bits per heavy atom. The van der Waals surface area contributed by atoms with Crippen LogP contribution >= 0.6 is 22.9 Å². The van der Waals surface area contributed by atoms with Gasteiger partial charge in [0.2, 0.25) is 0 Å². The molecule has 1 heterocycles. The molecule has 0 radical (unpaired) electrons. The lowest BCUT2D eigenvalue weighted by atomic mass is 10.00. The molecule has 0 aliphatic heterocycles. The van der Waals surface area contributed by atoms with E-state index in [1.54, 1.807) is 11.3 Å². The van der Waals surface area contributed by atoms with Crippen molar-refractivity contribution >= 4 is 22.9 Å². The van der Waals surface area contributed by atoms with E-state index in [9.17, 15) is 0 Å². The first-order valence-corrected chi connectivity index (χ1v) is 7.01. The molecule has 0 bridgehead atoms. The Morgan fingerprint density at radius 2 is 2.06 bits per heavy atom. The molecule has 0 spiro atoms. The van der Waals surface area contributed by atoms with Crippen LogP contribution in [0.3, 0.4) is 0 Å². The second-order valence-corrected chi connectivity index (χ2v) is 5.33. The highest BCUT2D eigenvalue weighted by Gasteiger charge is 2.18. The Bertz CT molecular complexity index is 492. The van der Waals surface area contributed by atoms with Gasteiger partial charge in [-0.1, -0.05) is 42.8 Å². The summed E-state index contributed by atoms with van der Waals surface area (Å²) in [6.07, 6.45) is 0. The normalized spacial score (nSPS) is 12.6. The van der Waals surface area contributed by atoms with Crippen LogP contribution < -0.4 is 5.32 Å². The quantitative estimate of drug-likeness (QED) is 0.864. The molecule has 1 N–H and O–H groups in total. The molecule has 1 aromatic heterocycles. The second-order valence-electron chi connectivity index (χ2n) is 3.98. The van der Waals surface area contributed by atoms with E-state index in [-0.39, 0.29) is 6.04 Å². The third kappa shape index (κ3) is 2.71. The van der Waals surface area contributed by atoms with Gasteiger partial charge in [0.15, 0.2) is 0 Å². The summed E-state index contributed by atoms with van der Waals surface area (Å²) in [5, 5.41) is 6.40. The molecule has 2 rings (SSSR count). The van der Waals surface area contributed by atoms with Gasteiger partial charge in [0, 0.05) is 4.88 Å². The molecule has 1 aromatic carbocycles. The molecule has 1 atom stereocenters. The lowest BCUT2D eigenvalue weighted by Crippen LogP contribution is -2.22. The summed E-state index contributed by atoms with van der Waals surface area (Å²) < 4.78 is 0. The second kappa shape index (κ2) is 5.67. The van der Waals surface area contributed by atoms with Crippen molar-refractivity contribution in [2.45, 2.75) is 19.9 Å². The van der Waals surface area contributed by atoms with Gasteiger partial charge >= 0.3 is 0 Å². The van der Waals surface area contributed by atoms with Crippen LogP contribution in [0.4, 0.5) is 0 Å². The van der Waals surface area contributed by atoms with E-state index in [0.717, 1.165) is 11.6 Å². The topological polar surface area (TPSA) is 12.0 Å². The van der Waals surface area contributed by atoms with E-state index in [4.69, 9.17) is 11.6 Å². The molecule has 2 aromatic rings. The molecule has 1 unspecified atom stereocenters. The molecule has 0 aliphatic carbocycles. The summed E-state index contributed by atoms with van der Waals surface area (Å²) in [4.78, 5) is 1.20. The summed E-state index contributed by atoms with van der Waals surface area (Å²) in [5.41, 5.74) is 2.60. The zero-order valence-electron chi connectivity index (χ0n) is 10.0. The van der Waals surface area contributed by atoms with Crippen LogP contribution in [0.2, 0.25) is 5.02 Å². The van der Waals surface area contributed by atoms with E-state index < -0.39 is 0 Å². The van der Waals surface area contributed by atoms with E-state index in [0.29, 0.717) is 0 Å². The highest BCUT2D eigenvalue weighted by atomic mass is 35.5. The van der Waals surface area contributed by atoms with Crippen LogP contribution in [-0.4, -0.2) is 6.54 Å². The van der Waals surface area contributed by atoms with Crippen LogP contribution in [0.15, 0.2) is 35.7 Å². The van der Waals surface area contributed by atoms with E-state index >= 15 is 0 Å². The smallest absolute Gasteiger partial charge is 0.0688 e. The Morgan fingerprint density at radius 3 is 2.65 bits per heavy atom. The van der Waals surface area contributed by atoms with Gasteiger partial charge in [-0.2, -0.15) is 0 Å². The van der Waals surface area contributed by atoms with E-state index in [2.05, 4.69) is 43.4 Å². The number of halogens is 1. The molecular weight excluding hydrogens is 250 g/mol. The first-order valence-electron chi connectivity index (χ1n) is 5.75. The summed E-state index contributed by atoms with van der Waals surface area (Å²) in [5.74, 6) is 0. The third-order valence-electron chi connectivity index (χ3n) is 2.81. The number of nitrogens with one attached hydrogen (secondary N) is 1. The minimum atomic E-state index is 0.202. The molecule has 0 saturated heterocycles. The average Bonchev–Trinajstić information content (AvgIpc) is 2.74. The van der Waals surface area contributed by atoms with Gasteiger partial charge in [0.25, 0.3) is 0 Å². The molecule has 0 fully saturated rings. The van der Waals surface area contributed by atoms with Crippen molar-refractivity contribution in [3.05, 3.63) is 56.7 Å². The maximum absolute atomic E-state index is 6.24. The fraction of sp³-hybridized carbons (Fsp3) is 0.286. The number of hydrogen-bond acceptors (Lipinski definition) is 2. The molecule has 3 heteroatoms. The predicted molar refractivity (Wildman–Crippen MR) is 76.0 cm³/mol. The van der Waals surface area contributed by atoms with Gasteiger partial charge in [-0.3, -0.25) is 0 Å². The predicted octanol–water partition coefficient (Wildman–Crippen LogP) is 4.41. The van der Waals surface area contributed by atoms with Crippen LogP contribution in [0, 0.1) is 6.92 Å². The van der Waals surface area contributed by atoms with E-state index in [1.165, 1.54) is 16.0 Å². The molecule has 90 valence electrons. The zero-order chi connectivity index (χ0) is 12.3. The van der Waals surface area contributed by atoms with Gasteiger partial charge in [0.05, 0.1) is 11.1 Å². The van der Waals surface area contributed by atoms with Crippen LogP contribution in [0.25, 0.3) is 0 Å². The molecule has 0 saturated carbocycles. The van der Waals surface area contributed by atoms with Gasteiger partial charge in [0.1, 0.15) is 0 Å². The first kappa shape index (κ1) is 12.6. The SMILES string of the molecule is CCNC(c1ccccc1C)c1sccc1Cl. The first-order chi connectivity index (χ1) is 8.24. The highest BCUT2D eigenvalue weighted by molar-refractivity contribution is 7.10. The molecule has 1 nitrogen and oxygen atoms in total. The van der Waals surface area contributed by atoms with Gasteiger partial charge in [-0.05, 0) is 36.0 Å². The molecule has 17 heavy (non-hydrogen) atoms. The maximum atomic E-state index is 6.24. The van der Waals surface area contributed by atoms with Crippen molar-refractivity contribution in [2.75, 3.05) is 6.54 Å². The minimum Gasteiger partial charge on any atom is -0.306 e. The van der Waals surface area contributed by atoms with Gasteiger partial charge in [-0.25, -0.2) is 0 Å². The number of benzene rings is 1. The third-order valence-corrected chi connectivity index (χ3v) is 4.24. The largest absolute Gasteiger partial charge is 0.306 e. The lowest BCUT2D eigenvalue weighted by molar-refractivity contribution is 0.637. The number of rotatable bonds is 4. The van der Waals surface area contributed by atoms with Gasteiger partial charge in [-0.15, -0.1) is 11.3 Å². The fourth-order valence-electron chi connectivity index (χ4n) is 1.97. The number of hydrogen-bond donors (Lipinski definition) is 1. The van der Waals surface area contributed by atoms with Crippen LogP contribution in [0.5, 0.6) is 0 Å². The van der Waals surface area contributed by atoms with E-state index in [1.807, 2.05) is 11.4 Å². The van der Waals surface area contributed by atoms with Crippen molar-refractivity contribution in [3.63, 3.8) is 0 Å². The van der Waals surface area contributed by atoms with Crippen molar-refractivity contribution in [1.82, 2.24) is 5.32 Å². The average molecular weight is 266 g/mol. The van der Waals surface area contributed by atoms with Crippen LogP contribution in [0.1, 0.15) is 29.0 Å². The Labute approximate surface area is 111 Å². The van der Waals surface area contributed by atoms with Crippen molar-refractivity contribution in [2.24, 2.45) is 0 Å².